The van der Waals surface area contributed by atoms with Crippen LogP contribution in [0.4, 0.5) is 0 Å². The second-order valence-electron chi connectivity index (χ2n) is 3.53. The molecule has 1 N–H and O–H groups in total. The highest BCUT2D eigenvalue weighted by atomic mass is 35.5. The first kappa shape index (κ1) is 12.9. The lowest BCUT2D eigenvalue weighted by Crippen LogP contribution is -2.27. The molecule has 0 aliphatic heterocycles. The van der Waals surface area contributed by atoms with E-state index in [4.69, 9.17) is 11.6 Å². The predicted molar refractivity (Wildman–Crippen MR) is 70.8 cm³/mol. The molecule has 0 aromatic heterocycles. The third-order valence-corrected chi connectivity index (χ3v) is 3.68. The minimum absolute atomic E-state index is 0.534. The van der Waals surface area contributed by atoms with E-state index >= 15 is 0 Å². The maximum atomic E-state index is 6.07. The maximum Gasteiger partial charge on any atom is 0.0450 e. The van der Waals surface area contributed by atoms with E-state index in [2.05, 4.69) is 25.2 Å². The molecule has 0 fully saturated rings. The van der Waals surface area contributed by atoms with Gasteiger partial charge in [0.2, 0.25) is 0 Å². The first-order valence-electron chi connectivity index (χ1n) is 5.28. The average Bonchev–Trinajstić information content (AvgIpc) is 2.25. The number of thioether (sulfide) groups is 1. The summed E-state index contributed by atoms with van der Waals surface area (Å²) in [4.78, 5) is 0. The lowest BCUT2D eigenvalue weighted by atomic mass is 10.2. The average molecular weight is 244 g/mol. The quantitative estimate of drug-likeness (QED) is 0.820. The van der Waals surface area contributed by atoms with Crippen molar-refractivity contribution in [1.29, 1.82) is 0 Å². The van der Waals surface area contributed by atoms with Gasteiger partial charge in [-0.15, -0.1) is 0 Å². The van der Waals surface area contributed by atoms with Crippen molar-refractivity contribution in [2.75, 3.05) is 11.5 Å². The standard InChI is InChI=1S/C12H18ClNS/c1-3-15-9-10(2)14-8-11-6-4-5-7-12(11)13/h4-7,10,14H,3,8-9H2,1-2H3. The van der Waals surface area contributed by atoms with E-state index in [1.54, 1.807) is 0 Å². The van der Waals surface area contributed by atoms with Crippen molar-refractivity contribution < 1.29 is 0 Å². The molecule has 0 aliphatic rings. The van der Waals surface area contributed by atoms with E-state index in [9.17, 15) is 0 Å². The third-order valence-electron chi connectivity index (χ3n) is 2.17. The fourth-order valence-electron chi connectivity index (χ4n) is 1.28. The molecule has 0 saturated heterocycles. The van der Waals surface area contributed by atoms with Crippen LogP contribution in [0.15, 0.2) is 24.3 Å². The molecule has 1 aromatic rings. The van der Waals surface area contributed by atoms with Crippen LogP contribution >= 0.6 is 23.4 Å². The first-order chi connectivity index (χ1) is 7.24. The largest absolute Gasteiger partial charge is 0.309 e. The molecule has 3 heteroatoms. The van der Waals surface area contributed by atoms with Gasteiger partial charge in [0.25, 0.3) is 0 Å². The van der Waals surface area contributed by atoms with E-state index in [0.717, 1.165) is 17.3 Å². The Bertz CT molecular complexity index is 291. The monoisotopic (exact) mass is 243 g/mol. The van der Waals surface area contributed by atoms with Crippen molar-refractivity contribution in [3.63, 3.8) is 0 Å². The zero-order chi connectivity index (χ0) is 11.1. The molecule has 1 nitrogen and oxygen atoms in total. The molecule has 0 heterocycles. The summed E-state index contributed by atoms with van der Waals surface area (Å²) in [5.41, 5.74) is 1.17. The maximum absolute atomic E-state index is 6.07. The topological polar surface area (TPSA) is 12.0 Å². The molecule has 0 bridgehead atoms. The second kappa shape index (κ2) is 7.15. The molecular formula is C12H18ClNS. The van der Waals surface area contributed by atoms with E-state index in [-0.39, 0.29) is 0 Å². The van der Waals surface area contributed by atoms with Gasteiger partial charge in [-0.05, 0) is 24.3 Å². The van der Waals surface area contributed by atoms with Gasteiger partial charge in [-0.25, -0.2) is 0 Å². The van der Waals surface area contributed by atoms with Gasteiger partial charge in [0, 0.05) is 23.4 Å². The van der Waals surface area contributed by atoms with Gasteiger partial charge in [0.05, 0.1) is 0 Å². The SMILES string of the molecule is CCSCC(C)NCc1ccccc1Cl. The number of rotatable bonds is 6. The first-order valence-corrected chi connectivity index (χ1v) is 6.81. The van der Waals surface area contributed by atoms with Crippen molar-refractivity contribution in [1.82, 2.24) is 5.32 Å². The summed E-state index contributed by atoms with van der Waals surface area (Å²) in [5.74, 6) is 2.33. The van der Waals surface area contributed by atoms with Crippen molar-refractivity contribution in [2.24, 2.45) is 0 Å². The highest BCUT2D eigenvalue weighted by Crippen LogP contribution is 2.14. The molecule has 1 aromatic carbocycles. The minimum atomic E-state index is 0.534. The molecular weight excluding hydrogens is 226 g/mol. The Morgan fingerprint density at radius 3 is 2.80 bits per heavy atom. The summed E-state index contributed by atoms with van der Waals surface area (Å²) in [5, 5.41) is 4.32. The Balaban J connectivity index is 2.33. The zero-order valence-corrected chi connectivity index (χ0v) is 10.9. The lowest BCUT2D eigenvalue weighted by molar-refractivity contribution is 0.596. The van der Waals surface area contributed by atoms with Gasteiger partial charge < -0.3 is 5.32 Å². The van der Waals surface area contributed by atoms with Crippen LogP contribution in [0.2, 0.25) is 5.02 Å². The van der Waals surface area contributed by atoms with Gasteiger partial charge in [0.15, 0.2) is 0 Å². The molecule has 0 amide bonds. The fraction of sp³-hybridized carbons (Fsp3) is 0.500. The van der Waals surface area contributed by atoms with Gasteiger partial charge in [-0.3, -0.25) is 0 Å². The Morgan fingerprint density at radius 1 is 1.40 bits per heavy atom. The van der Waals surface area contributed by atoms with Crippen LogP contribution in [0.5, 0.6) is 0 Å². The van der Waals surface area contributed by atoms with Crippen molar-refractivity contribution in [3.8, 4) is 0 Å². The third kappa shape index (κ3) is 4.92. The number of halogens is 1. The molecule has 84 valence electrons. The highest BCUT2D eigenvalue weighted by Gasteiger charge is 2.02. The van der Waals surface area contributed by atoms with E-state index in [0.29, 0.717) is 6.04 Å². The zero-order valence-electron chi connectivity index (χ0n) is 9.29. The highest BCUT2D eigenvalue weighted by molar-refractivity contribution is 7.99. The van der Waals surface area contributed by atoms with Crippen LogP contribution in [0.1, 0.15) is 19.4 Å². The molecule has 0 aliphatic carbocycles. The van der Waals surface area contributed by atoms with E-state index in [1.165, 1.54) is 11.3 Å². The summed E-state index contributed by atoms with van der Waals surface area (Å²) in [6, 6.07) is 8.52. The Labute approximate surface area is 102 Å². The summed E-state index contributed by atoms with van der Waals surface area (Å²) in [6.45, 7) is 5.25. The molecule has 0 saturated carbocycles. The molecule has 1 atom stereocenters. The molecule has 15 heavy (non-hydrogen) atoms. The predicted octanol–water partition coefficient (Wildman–Crippen LogP) is 3.57. The summed E-state index contributed by atoms with van der Waals surface area (Å²) in [7, 11) is 0. The summed E-state index contributed by atoms with van der Waals surface area (Å²) < 4.78 is 0. The minimum Gasteiger partial charge on any atom is -0.309 e. The van der Waals surface area contributed by atoms with Crippen LogP contribution in [-0.4, -0.2) is 17.5 Å². The van der Waals surface area contributed by atoms with Gasteiger partial charge in [0.1, 0.15) is 0 Å². The van der Waals surface area contributed by atoms with Crippen molar-refractivity contribution in [2.45, 2.75) is 26.4 Å². The normalized spacial score (nSPS) is 12.7. The van der Waals surface area contributed by atoms with Gasteiger partial charge >= 0.3 is 0 Å². The van der Waals surface area contributed by atoms with Gasteiger partial charge in [-0.2, -0.15) is 11.8 Å². The summed E-state index contributed by atoms with van der Waals surface area (Å²) >= 11 is 8.03. The van der Waals surface area contributed by atoms with Crippen LogP contribution in [0.25, 0.3) is 0 Å². The molecule has 1 rings (SSSR count). The lowest BCUT2D eigenvalue weighted by Gasteiger charge is -2.13. The second-order valence-corrected chi connectivity index (χ2v) is 5.26. The molecule has 1 unspecified atom stereocenters. The van der Waals surface area contributed by atoms with E-state index < -0.39 is 0 Å². The van der Waals surface area contributed by atoms with Crippen molar-refractivity contribution >= 4 is 23.4 Å². The van der Waals surface area contributed by atoms with E-state index in [1.807, 2.05) is 30.0 Å². The number of benzene rings is 1. The smallest absolute Gasteiger partial charge is 0.0450 e. The number of nitrogens with one attached hydrogen (secondary N) is 1. The Morgan fingerprint density at radius 2 is 2.13 bits per heavy atom. The Kier molecular flexibility index (Phi) is 6.15. The van der Waals surface area contributed by atoms with Crippen LogP contribution < -0.4 is 5.32 Å². The van der Waals surface area contributed by atoms with Crippen LogP contribution in [0.3, 0.4) is 0 Å². The number of hydrogen-bond acceptors (Lipinski definition) is 2. The summed E-state index contributed by atoms with van der Waals surface area (Å²) in [6.07, 6.45) is 0. The molecule has 0 radical (unpaired) electrons. The van der Waals surface area contributed by atoms with Crippen LogP contribution in [0, 0.1) is 0 Å². The fourth-order valence-corrected chi connectivity index (χ4v) is 2.19. The molecule has 0 spiro atoms. The number of hydrogen-bond donors (Lipinski definition) is 1. The van der Waals surface area contributed by atoms with Gasteiger partial charge in [-0.1, -0.05) is 36.7 Å². The van der Waals surface area contributed by atoms with Crippen molar-refractivity contribution in [3.05, 3.63) is 34.9 Å². The Hall–Kier alpha value is -0.180. The van der Waals surface area contributed by atoms with Crippen LogP contribution in [-0.2, 0) is 6.54 Å².